The third kappa shape index (κ3) is 5.63. The Morgan fingerprint density at radius 3 is 2.00 bits per heavy atom. The van der Waals surface area contributed by atoms with Gasteiger partial charge in [0.25, 0.3) is 0 Å². The van der Waals surface area contributed by atoms with Crippen molar-refractivity contribution in [1.29, 1.82) is 5.53 Å². The second-order valence-corrected chi connectivity index (χ2v) is 8.79. The molecular formula is C25H30N4O4. The number of hydrogen-bond acceptors (Lipinski definition) is 6. The zero-order chi connectivity index (χ0) is 24.2. The van der Waals surface area contributed by atoms with Crippen LogP contribution in [0.4, 0.5) is 10.5 Å². The molecule has 0 radical (unpaired) electrons. The molecule has 8 heteroatoms. The Morgan fingerprint density at radius 2 is 1.55 bits per heavy atom. The number of alkyl carbamates (subject to hydrolysis) is 1. The van der Waals surface area contributed by atoms with Crippen LogP contribution in [-0.2, 0) is 14.9 Å². The van der Waals surface area contributed by atoms with E-state index in [2.05, 4.69) is 15.4 Å². The van der Waals surface area contributed by atoms with Gasteiger partial charge < -0.3 is 9.84 Å². The van der Waals surface area contributed by atoms with Crippen LogP contribution in [0.2, 0.25) is 0 Å². The first-order chi connectivity index (χ1) is 15.7. The van der Waals surface area contributed by atoms with Crippen LogP contribution in [0.1, 0.15) is 46.1 Å². The van der Waals surface area contributed by atoms with E-state index in [4.69, 9.17) is 10.3 Å². The van der Waals surface area contributed by atoms with E-state index in [9.17, 15) is 14.7 Å². The van der Waals surface area contributed by atoms with Crippen molar-refractivity contribution in [3.8, 4) is 11.1 Å². The van der Waals surface area contributed by atoms with Crippen LogP contribution in [0, 0.1) is 11.4 Å². The molecule has 1 aliphatic carbocycles. The van der Waals surface area contributed by atoms with Gasteiger partial charge in [-0.3, -0.25) is 10.1 Å². The molecule has 3 rings (SSSR count). The SMILES string of the molecule is CC(N=N)C(=Nc1ccc(-c2ccc(C3(C(=O)O)CC3)cc2)cc1)NC(=O)OC(C)C(C)C. The number of rotatable bonds is 8. The van der Waals surface area contributed by atoms with Gasteiger partial charge in [-0.15, -0.1) is 0 Å². The Kier molecular flexibility index (Phi) is 7.26. The normalized spacial score (nSPS) is 16.6. The summed E-state index contributed by atoms with van der Waals surface area (Å²) in [7, 11) is 0. The summed E-state index contributed by atoms with van der Waals surface area (Å²) in [6.45, 7) is 7.40. The minimum absolute atomic E-state index is 0.176. The smallest absolute Gasteiger partial charge is 0.412 e. The highest BCUT2D eigenvalue weighted by atomic mass is 16.6. The lowest BCUT2D eigenvalue weighted by molar-refractivity contribution is -0.140. The maximum Gasteiger partial charge on any atom is 0.412 e. The Bertz CT molecular complexity index is 1040. The highest BCUT2D eigenvalue weighted by Crippen LogP contribution is 2.48. The third-order valence-electron chi connectivity index (χ3n) is 6.10. The maximum atomic E-state index is 12.2. The van der Waals surface area contributed by atoms with Crippen molar-refractivity contribution in [2.75, 3.05) is 0 Å². The topological polar surface area (TPSA) is 124 Å². The number of nitrogens with zero attached hydrogens (tertiary/aromatic N) is 2. The number of ether oxygens (including phenoxy) is 1. The van der Waals surface area contributed by atoms with Gasteiger partial charge in [-0.2, -0.15) is 5.11 Å². The van der Waals surface area contributed by atoms with Gasteiger partial charge in [0.2, 0.25) is 0 Å². The molecule has 2 atom stereocenters. The van der Waals surface area contributed by atoms with Gasteiger partial charge in [-0.25, -0.2) is 15.3 Å². The summed E-state index contributed by atoms with van der Waals surface area (Å²) in [6.07, 6.45) is 0.470. The fourth-order valence-corrected chi connectivity index (χ4v) is 3.33. The molecule has 1 amide bonds. The first-order valence-electron chi connectivity index (χ1n) is 11.0. The summed E-state index contributed by atoms with van der Waals surface area (Å²) in [6, 6.07) is 14.4. The monoisotopic (exact) mass is 450 g/mol. The molecule has 33 heavy (non-hydrogen) atoms. The first kappa shape index (κ1) is 24.1. The Labute approximate surface area is 193 Å². The molecule has 0 spiro atoms. The van der Waals surface area contributed by atoms with Gasteiger partial charge >= 0.3 is 12.1 Å². The van der Waals surface area contributed by atoms with E-state index in [1.807, 2.05) is 69.3 Å². The minimum Gasteiger partial charge on any atom is -0.481 e. The van der Waals surface area contributed by atoms with E-state index in [-0.39, 0.29) is 17.9 Å². The summed E-state index contributed by atoms with van der Waals surface area (Å²) >= 11 is 0. The molecule has 3 N–H and O–H groups in total. The van der Waals surface area contributed by atoms with Gasteiger partial charge in [0, 0.05) is 0 Å². The van der Waals surface area contributed by atoms with Crippen molar-refractivity contribution in [2.24, 2.45) is 16.0 Å². The fraction of sp³-hybridized carbons (Fsp3) is 0.400. The summed E-state index contributed by atoms with van der Waals surface area (Å²) < 4.78 is 5.33. The average Bonchev–Trinajstić information content (AvgIpc) is 3.61. The van der Waals surface area contributed by atoms with Crippen LogP contribution in [0.3, 0.4) is 0 Å². The summed E-state index contributed by atoms with van der Waals surface area (Å²) in [5, 5.41) is 15.5. The molecule has 2 unspecified atom stereocenters. The molecule has 1 aliphatic rings. The van der Waals surface area contributed by atoms with Crippen LogP contribution < -0.4 is 5.32 Å². The molecule has 0 saturated heterocycles. The largest absolute Gasteiger partial charge is 0.481 e. The van der Waals surface area contributed by atoms with Gasteiger partial charge in [0.15, 0.2) is 0 Å². The molecule has 2 aromatic carbocycles. The van der Waals surface area contributed by atoms with Crippen LogP contribution in [0.15, 0.2) is 58.6 Å². The molecule has 1 saturated carbocycles. The summed E-state index contributed by atoms with van der Waals surface area (Å²) in [5.74, 6) is -0.362. The number of carbonyl (C=O) groups excluding carboxylic acids is 1. The number of aliphatic imine (C=N–C) groups is 1. The third-order valence-corrected chi connectivity index (χ3v) is 6.10. The molecule has 0 aliphatic heterocycles. The molecule has 1 fully saturated rings. The number of amidine groups is 1. The Morgan fingerprint density at radius 1 is 1.00 bits per heavy atom. The molecule has 2 aromatic rings. The first-order valence-corrected chi connectivity index (χ1v) is 11.0. The zero-order valence-electron chi connectivity index (χ0n) is 19.3. The van der Waals surface area contributed by atoms with Gasteiger partial charge in [0.1, 0.15) is 18.0 Å². The van der Waals surface area contributed by atoms with Gasteiger partial charge in [0.05, 0.1) is 11.1 Å². The van der Waals surface area contributed by atoms with Crippen molar-refractivity contribution in [3.05, 3.63) is 54.1 Å². The Hall–Kier alpha value is -3.55. The number of aliphatic carboxylic acids is 1. The number of carboxylic acids is 1. The fourth-order valence-electron chi connectivity index (χ4n) is 3.33. The van der Waals surface area contributed by atoms with E-state index in [1.165, 1.54) is 0 Å². The zero-order valence-corrected chi connectivity index (χ0v) is 19.3. The number of benzene rings is 2. The molecule has 0 heterocycles. The predicted octanol–water partition coefficient (Wildman–Crippen LogP) is 5.69. The van der Waals surface area contributed by atoms with Crippen LogP contribution >= 0.6 is 0 Å². The van der Waals surface area contributed by atoms with E-state index >= 15 is 0 Å². The second-order valence-electron chi connectivity index (χ2n) is 8.79. The van der Waals surface area contributed by atoms with Crippen LogP contribution in [0.25, 0.3) is 11.1 Å². The van der Waals surface area contributed by atoms with Crippen LogP contribution in [0.5, 0.6) is 0 Å². The van der Waals surface area contributed by atoms with Gasteiger partial charge in [-0.05, 0) is 61.4 Å². The van der Waals surface area contributed by atoms with Crippen molar-refractivity contribution in [2.45, 2.75) is 58.1 Å². The van der Waals surface area contributed by atoms with E-state index in [1.54, 1.807) is 6.92 Å². The molecular weight excluding hydrogens is 420 g/mol. The molecule has 174 valence electrons. The van der Waals surface area contributed by atoms with E-state index in [0.717, 1.165) is 16.7 Å². The standard InChI is InChI=1S/C25H30N4O4/c1-15(2)17(4)33-24(32)28-22(16(3)29-26)27-21-11-7-19(8-12-21)18-5-9-20(10-6-18)25(13-14-25)23(30)31/h5-12,15-17,26H,13-14H2,1-4H3,(H,30,31)(H,27,28,32). The van der Waals surface area contributed by atoms with Crippen molar-refractivity contribution in [3.63, 3.8) is 0 Å². The lowest BCUT2D eigenvalue weighted by atomic mass is 9.94. The predicted molar refractivity (Wildman–Crippen MR) is 126 cm³/mol. The van der Waals surface area contributed by atoms with Crippen molar-refractivity contribution < 1.29 is 19.4 Å². The lowest BCUT2D eigenvalue weighted by Gasteiger charge is -2.18. The number of carboxylic acid groups (broad SMARTS) is 1. The average molecular weight is 451 g/mol. The highest BCUT2D eigenvalue weighted by molar-refractivity contribution is 5.99. The van der Waals surface area contributed by atoms with Crippen LogP contribution in [-0.4, -0.2) is 35.2 Å². The number of amides is 1. The van der Waals surface area contributed by atoms with Crippen molar-refractivity contribution in [1.82, 2.24) is 5.32 Å². The summed E-state index contributed by atoms with van der Waals surface area (Å²) in [5.41, 5.74) is 9.96. The molecule has 8 nitrogen and oxygen atoms in total. The second kappa shape index (κ2) is 9.94. The minimum atomic E-state index is -0.766. The number of hydrogen-bond donors (Lipinski definition) is 3. The number of nitrogens with one attached hydrogen (secondary N) is 2. The highest BCUT2D eigenvalue weighted by Gasteiger charge is 2.51. The Balaban J connectivity index is 1.74. The molecule has 0 aromatic heterocycles. The molecule has 0 bridgehead atoms. The maximum absolute atomic E-state index is 12.2. The van der Waals surface area contributed by atoms with E-state index < -0.39 is 23.5 Å². The summed E-state index contributed by atoms with van der Waals surface area (Å²) in [4.78, 5) is 28.2. The quantitative estimate of drug-likeness (QED) is 0.271. The van der Waals surface area contributed by atoms with Crippen molar-refractivity contribution >= 4 is 23.6 Å². The van der Waals surface area contributed by atoms with Gasteiger partial charge in [-0.1, -0.05) is 50.2 Å². The van der Waals surface area contributed by atoms with E-state index in [0.29, 0.717) is 18.5 Å². The number of carbonyl (C=O) groups is 2. The lowest BCUT2D eigenvalue weighted by Crippen LogP contribution is -2.39.